The molecule has 0 spiro atoms. The lowest BCUT2D eigenvalue weighted by Crippen LogP contribution is -2.00. The number of hydrogen-bond acceptors (Lipinski definition) is 4. The van der Waals surface area contributed by atoms with Gasteiger partial charge < -0.3 is 10.2 Å². The van der Waals surface area contributed by atoms with E-state index >= 15 is 0 Å². The molecule has 2 N–H and O–H groups in total. The molecule has 0 unspecified atom stereocenters. The summed E-state index contributed by atoms with van der Waals surface area (Å²) < 4.78 is 6.11. The Morgan fingerprint density at radius 1 is 1.38 bits per heavy atom. The van der Waals surface area contributed by atoms with E-state index in [1.165, 1.54) is 0 Å². The lowest BCUT2D eigenvalue weighted by Gasteiger charge is -2.02. The Morgan fingerprint density at radius 2 is 2.19 bits per heavy atom. The number of nitrogen functional groups attached to an aromatic ring is 1. The van der Waals surface area contributed by atoms with Crippen molar-refractivity contribution in [1.29, 1.82) is 0 Å². The third kappa shape index (κ3) is 2.41. The predicted molar refractivity (Wildman–Crippen MR) is 65.8 cm³/mol. The first-order valence-electron chi connectivity index (χ1n) is 5.08. The molecule has 84 valence electrons. The van der Waals surface area contributed by atoms with E-state index in [1.54, 1.807) is 6.07 Å². The zero-order chi connectivity index (χ0) is 11.5. The van der Waals surface area contributed by atoms with Gasteiger partial charge in [0.2, 0.25) is 0 Å². The van der Waals surface area contributed by atoms with Gasteiger partial charge in [0.1, 0.15) is 17.3 Å². The minimum Gasteiger partial charge on any atom is -0.448 e. The largest absolute Gasteiger partial charge is 0.448 e. The van der Waals surface area contributed by atoms with Crippen molar-refractivity contribution < 1.29 is 4.42 Å². The van der Waals surface area contributed by atoms with E-state index in [0.717, 1.165) is 24.4 Å². The van der Waals surface area contributed by atoms with Crippen LogP contribution in [0.25, 0.3) is 11.5 Å². The van der Waals surface area contributed by atoms with Gasteiger partial charge in [-0.25, -0.2) is 9.97 Å². The number of aromatic nitrogens is 2. The molecule has 2 aromatic heterocycles. The maximum Gasteiger partial charge on any atom is 0.169 e. The Labute approximate surface area is 102 Å². The van der Waals surface area contributed by atoms with Crippen LogP contribution in [0.4, 0.5) is 5.82 Å². The molecular weight excluding hydrogens is 270 g/mol. The summed E-state index contributed by atoms with van der Waals surface area (Å²) in [5.74, 6) is 1.92. The second-order valence-corrected chi connectivity index (χ2v) is 4.23. The van der Waals surface area contributed by atoms with E-state index in [4.69, 9.17) is 10.2 Å². The quantitative estimate of drug-likeness (QED) is 0.939. The standard InChI is InChI=1S/C11H12BrN3O/c1-2-3-11-14-7(6-10(13)15-11)8-4-5-9(12)16-8/h4-6H,2-3H2,1H3,(H2,13,14,15). The molecule has 0 aliphatic rings. The van der Waals surface area contributed by atoms with E-state index in [1.807, 2.05) is 12.1 Å². The third-order valence-electron chi connectivity index (χ3n) is 2.09. The summed E-state index contributed by atoms with van der Waals surface area (Å²) in [5, 5.41) is 0. The highest BCUT2D eigenvalue weighted by atomic mass is 79.9. The van der Waals surface area contributed by atoms with Gasteiger partial charge in [0.25, 0.3) is 0 Å². The summed E-state index contributed by atoms with van der Waals surface area (Å²) in [5.41, 5.74) is 6.45. The second-order valence-electron chi connectivity index (χ2n) is 3.45. The number of nitrogens with zero attached hydrogens (tertiary/aromatic N) is 2. The van der Waals surface area contributed by atoms with Crippen LogP contribution in [0.2, 0.25) is 0 Å². The van der Waals surface area contributed by atoms with E-state index < -0.39 is 0 Å². The molecule has 0 aliphatic heterocycles. The molecule has 2 aromatic rings. The van der Waals surface area contributed by atoms with Crippen molar-refractivity contribution in [3.05, 3.63) is 28.7 Å². The van der Waals surface area contributed by atoms with Crippen molar-refractivity contribution in [1.82, 2.24) is 9.97 Å². The lowest BCUT2D eigenvalue weighted by atomic mass is 10.2. The summed E-state index contributed by atoms with van der Waals surface area (Å²) >= 11 is 3.26. The molecule has 4 nitrogen and oxygen atoms in total. The lowest BCUT2D eigenvalue weighted by molar-refractivity contribution is 0.553. The number of aryl methyl sites for hydroxylation is 1. The average Bonchev–Trinajstić information content (AvgIpc) is 2.64. The minimum atomic E-state index is 0.473. The van der Waals surface area contributed by atoms with E-state index in [-0.39, 0.29) is 0 Å². The topological polar surface area (TPSA) is 64.9 Å². The molecule has 16 heavy (non-hydrogen) atoms. The molecule has 0 radical (unpaired) electrons. The van der Waals surface area contributed by atoms with Gasteiger partial charge in [-0.05, 0) is 34.5 Å². The first-order chi connectivity index (χ1) is 7.69. The monoisotopic (exact) mass is 281 g/mol. The molecule has 0 saturated carbocycles. The fourth-order valence-corrected chi connectivity index (χ4v) is 1.74. The van der Waals surface area contributed by atoms with Crippen LogP contribution in [0.5, 0.6) is 0 Å². The van der Waals surface area contributed by atoms with Gasteiger partial charge in [-0.15, -0.1) is 0 Å². The Morgan fingerprint density at radius 3 is 2.81 bits per heavy atom. The summed E-state index contributed by atoms with van der Waals surface area (Å²) in [6, 6.07) is 5.39. The van der Waals surface area contributed by atoms with Crippen LogP contribution in [0.1, 0.15) is 19.2 Å². The first-order valence-corrected chi connectivity index (χ1v) is 5.87. The number of hydrogen-bond donors (Lipinski definition) is 1. The van der Waals surface area contributed by atoms with E-state index in [2.05, 4.69) is 32.8 Å². The number of rotatable bonds is 3. The highest BCUT2D eigenvalue weighted by molar-refractivity contribution is 9.10. The molecule has 0 aromatic carbocycles. The molecule has 0 bridgehead atoms. The van der Waals surface area contributed by atoms with Crippen LogP contribution in [0.3, 0.4) is 0 Å². The molecule has 2 heterocycles. The van der Waals surface area contributed by atoms with Crippen LogP contribution in [0, 0.1) is 0 Å². The highest BCUT2D eigenvalue weighted by Crippen LogP contribution is 2.24. The Kier molecular flexibility index (Phi) is 3.24. The summed E-state index contributed by atoms with van der Waals surface area (Å²) in [7, 11) is 0. The molecule has 5 heteroatoms. The average molecular weight is 282 g/mol. The van der Waals surface area contributed by atoms with Gasteiger partial charge in [-0.3, -0.25) is 0 Å². The van der Waals surface area contributed by atoms with E-state index in [9.17, 15) is 0 Å². The second kappa shape index (κ2) is 4.65. The van der Waals surface area contributed by atoms with Crippen LogP contribution in [-0.4, -0.2) is 9.97 Å². The Hall–Kier alpha value is -1.36. The van der Waals surface area contributed by atoms with Crippen LogP contribution >= 0.6 is 15.9 Å². The first kappa shape index (κ1) is 11.1. The van der Waals surface area contributed by atoms with E-state index in [0.29, 0.717) is 16.2 Å². The summed E-state index contributed by atoms with van der Waals surface area (Å²) in [4.78, 5) is 8.57. The molecule has 0 aliphatic carbocycles. The predicted octanol–water partition coefficient (Wildman–Crippen LogP) is 3.03. The van der Waals surface area contributed by atoms with Gasteiger partial charge >= 0.3 is 0 Å². The van der Waals surface area contributed by atoms with Crippen molar-refractivity contribution in [2.45, 2.75) is 19.8 Å². The van der Waals surface area contributed by atoms with Crippen molar-refractivity contribution >= 4 is 21.7 Å². The zero-order valence-electron chi connectivity index (χ0n) is 8.90. The number of furan rings is 1. The van der Waals surface area contributed by atoms with Gasteiger partial charge in [-0.1, -0.05) is 6.92 Å². The fraction of sp³-hybridized carbons (Fsp3) is 0.273. The maximum atomic E-state index is 5.73. The van der Waals surface area contributed by atoms with Gasteiger partial charge in [0, 0.05) is 12.5 Å². The van der Waals surface area contributed by atoms with Gasteiger partial charge in [0.15, 0.2) is 10.4 Å². The van der Waals surface area contributed by atoms with Crippen LogP contribution in [-0.2, 0) is 6.42 Å². The molecule has 0 saturated heterocycles. The van der Waals surface area contributed by atoms with Gasteiger partial charge in [-0.2, -0.15) is 0 Å². The zero-order valence-corrected chi connectivity index (χ0v) is 10.5. The van der Waals surface area contributed by atoms with Crippen molar-refractivity contribution in [3.8, 4) is 11.5 Å². The van der Waals surface area contributed by atoms with Crippen molar-refractivity contribution in [2.24, 2.45) is 0 Å². The number of anilines is 1. The molecular formula is C11H12BrN3O. The highest BCUT2D eigenvalue weighted by Gasteiger charge is 2.08. The Balaban J connectivity index is 2.40. The fourth-order valence-electron chi connectivity index (χ4n) is 1.43. The normalized spacial score (nSPS) is 10.6. The maximum absolute atomic E-state index is 5.73. The van der Waals surface area contributed by atoms with Crippen LogP contribution in [0.15, 0.2) is 27.3 Å². The molecule has 0 amide bonds. The van der Waals surface area contributed by atoms with Crippen molar-refractivity contribution in [2.75, 3.05) is 5.73 Å². The van der Waals surface area contributed by atoms with Gasteiger partial charge in [0.05, 0.1) is 0 Å². The third-order valence-corrected chi connectivity index (χ3v) is 2.52. The molecule has 2 rings (SSSR count). The number of nitrogens with two attached hydrogens (primary N) is 1. The minimum absolute atomic E-state index is 0.473. The summed E-state index contributed by atoms with van der Waals surface area (Å²) in [6.45, 7) is 2.08. The van der Waals surface area contributed by atoms with Crippen LogP contribution < -0.4 is 5.73 Å². The Bertz CT molecular complexity index is 496. The molecule has 0 atom stereocenters. The summed E-state index contributed by atoms with van der Waals surface area (Å²) in [6.07, 6.45) is 1.81. The SMILES string of the molecule is CCCc1nc(N)cc(-c2ccc(Br)o2)n1. The molecule has 0 fully saturated rings. The smallest absolute Gasteiger partial charge is 0.169 e. The number of halogens is 1. The van der Waals surface area contributed by atoms with Crippen molar-refractivity contribution in [3.63, 3.8) is 0 Å².